The predicted molar refractivity (Wildman–Crippen MR) is 76.0 cm³/mol. The van der Waals surface area contributed by atoms with Crippen LogP contribution in [0, 0.1) is 0 Å². The minimum absolute atomic E-state index is 0.143. The zero-order chi connectivity index (χ0) is 14.2. The second kappa shape index (κ2) is 4.63. The van der Waals surface area contributed by atoms with E-state index in [0.29, 0.717) is 17.2 Å². The van der Waals surface area contributed by atoms with Gasteiger partial charge in [-0.05, 0) is 12.1 Å². The highest BCUT2D eigenvalue weighted by Gasteiger charge is 2.15. The van der Waals surface area contributed by atoms with E-state index in [-0.39, 0.29) is 6.61 Å². The van der Waals surface area contributed by atoms with E-state index in [1.807, 2.05) is 18.2 Å². The van der Waals surface area contributed by atoms with E-state index in [1.165, 1.54) is 0 Å². The maximum absolute atomic E-state index is 10.9. The lowest BCUT2D eigenvalue weighted by molar-refractivity contribution is 0.157. The van der Waals surface area contributed by atoms with Crippen molar-refractivity contribution in [3.8, 4) is 11.5 Å². The average Bonchev–Trinajstić information content (AvgIpc) is 3.16. The summed E-state index contributed by atoms with van der Waals surface area (Å²) in [5.41, 5.74) is 6.17. The number of nitrogens with zero attached hydrogens (tertiary/aromatic N) is 4. The van der Waals surface area contributed by atoms with E-state index in [4.69, 9.17) is 4.74 Å². The Kier molecular flexibility index (Phi) is 2.64. The van der Waals surface area contributed by atoms with Crippen molar-refractivity contribution in [1.82, 2.24) is 24.1 Å². The fourth-order valence-corrected chi connectivity index (χ4v) is 2.45. The third kappa shape index (κ3) is 2.13. The molecule has 4 rings (SSSR count). The van der Waals surface area contributed by atoms with Crippen LogP contribution in [0.5, 0.6) is 0 Å². The zero-order valence-corrected chi connectivity index (χ0v) is 11.3. The molecule has 0 fully saturated rings. The van der Waals surface area contributed by atoms with E-state index in [0.717, 1.165) is 28.3 Å². The summed E-state index contributed by atoms with van der Waals surface area (Å²) < 4.78 is 13.0. The topological polar surface area (TPSA) is 105 Å². The molecular weight excluding hydrogens is 292 g/mol. The maximum atomic E-state index is 10.9. The Morgan fingerprint density at radius 3 is 3.05 bits per heavy atom. The van der Waals surface area contributed by atoms with Crippen LogP contribution in [0.15, 0.2) is 29.5 Å². The van der Waals surface area contributed by atoms with Gasteiger partial charge in [-0.1, -0.05) is 6.07 Å². The molecule has 8 nitrogen and oxygen atoms in total. The van der Waals surface area contributed by atoms with Crippen molar-refractivity contribution in [2.24, 2.45) is 5.10 Å². The minimum Gasteiger partial charge on any atom is -0.442 e. The molecule has 3 heterocycles. The molecule has 1 aromatic carbocycles. The predicted octanol–water partition coefficient (Wildman–Crippen LogP) is 1.53. The number of hydrazone groups is 1. The summed E-state index contributed by atoms with van der Waals surface area (Å²) in [7, 11) is 0. The molecule has 9 heteroatoms. The van der Waals surface area contributed by atoms with E-state index in [2.05, 4.69) is 29.2 Å². The van der Waals surface area contributed by atoms with Crippen LogP contribution < -0.4 is 5.43 Å². The number of imidazole rings is 1. The Bertz CT molecular complexity index is 854. The molecule has 21 heavy (non-hydrogen) atoms. The van der Waals surface area contributed by atoms with Crippen LogP contribution in [0.25, 0.3) is 22.6 Å². The molecule has 0 atom stereocenters. The lowest BCUT2D eigenvalue weighted by Crippen LogP contribution is -2.30. The van der Waals surface area contributed by atoms with Crippen molar-refractivity contribution in [2.45, 2.75) is 0 Å². The highest BCUT2D eigenvalue weighted by atomic mass is 32.1. The fourth-order valence-electron chi connectivity index (χ4n) is 2.04. The number of aromatic nitrogens is 4. The summed E-state index contributed by atoms with van der Waals surface area (Å²) in [6.45, 7) is 0.143. The Hall–Kier alpha value is -2.81. The zero-order valence-electron chi connectivity index (χ0n) is 10.5. The first-order chi connectivity index (χ1) is 10.3. The molecule has 0 spiro atoms. The minimum atomic E-state index is -0.544. The highest BCUT2D eigenvalue weighted by molar-refractivity contribution is 6.99. The molecule has 3 aromatic rings. The summed E-state index contributed by atoms with van der Waals surface area (Å²) in [6, 6.07) is 5.68. The molecule has 104 valence electrons. The van der Waals surface area contributed by atoms with Gasteiger partial charge in [-0.25, -0.2) is 15.2 Å². The van der Waals surface area contributed by atoms with Gasteiger partial charge >= 0.3 is 6.09 Å². The van der Waals surface area contributed by atoms with E-state index >= 15 is 0 Å². The number of rotatable bonds is 2. The summed E-state index contributed by atoms with van der Waals surface area (Å²) in [4.78, 5) is 18.6. The smallest absolute Gasteiger partial charge is 0.428 e. The van der Waals surface area contributed by atoms with Gasteiger partial charge in [0.1, 0.15) is 18.0 Å². The summed E-state index contributed by atoms with van der Waals surface area (Å²) in [5, 5.41) is 3.98. The van der Waals surface area contributed by atoms with Gasteiger partial charge in [0.2, 0.25) is 0 Å². The van der Waals surface area contributed by atoms with Crippen molar-refractivity contribution in [3.05, 3.63) is 30.0 Å². The van der Waals surface area contributed by atoms with Gasteiger partial charge in [0.15, 0.2) is 5.82 Å². The van der Waals surface area contributed by atoms with Crippen LogP contribution in [0.4, 0.5) is 4.79 Å². The standard InChI is InChI=1S/C12H8N6O2S/c19-12-17-16-10(5-20-12)6-1-2-7-8(3-6)15-11(14-7)9-4-13-21-18-9/h1-4H,5H2,(H,14,15)(H,17,19). The van der Waals surface area contributed by atoms with E-state index < -0.39 is 6.09 Å². The Morgan fingerprint density at radius 1 is 1.33 bits per heavy atom. The first-order valence-electron chi connectivity index (χ1n) is 6.07. The maximum Gasteiger partial charge on any atom is 0.428 e. The average molecular weight is 300 g/mol. The number of carbonyl (C=O) groups is 1. The lowest BCUT2D eigenvalue weighted by Gasteiger charge is -2.12. The third-order valence-corrected chi connectivity index (χ3v) is 3.52. The SMILES string of the molecule is O=C1NN=C(c2ccc3[nH]c(-c4cnsn4)nc3c2)CO1. The summed E-state index contributed by atoms with van der Waals surface area (Å²) >= 11 is 1.13. The molecule has 0 radical (unpaired) electrons. The van der Waals surface area contributed by atoms with Gasteiger partial charge in [-0.15, -0.1) is 0 Å². The molecule has 1 amide bonds. The van der Waals surface area contributed by atoms with Crippen molar-refractivity contribution >= 4 is 34.6 Å². The van der Waals surface area contributed by atoms with E-state index in [1.54, 1.807) is 6.20 Å². The van der Waals surface area contributed by atoms with Gasteiger partial charge in [0, 0.05) is 5.56 Å². The van der Waals surface area contributed by atoms with Crippen molar-refractivity contribution in [3.63, 3.8) is 0 Å². The second-order valence-corrected chi connectivity index (χ2v) is 4.91. The largest absolute Gasteiger partial charge is 0.442 e. The van der Waals surface area contributed by atoms with Crippen LogP contribution in [0.3, 0.4) is 0 Å². The molecule has 0 saturated carbocycles. The first kappa shape index (κ1) is 12.0. The van der Waals surface area contributed by atoms with Gasteiger partial charge in [0.05, 0.1) is 29.0 Å². The van der Waals surface area contributed by atoms with Gasteiger partial charge in [0.25, 0.3) is 0 Å². The number of ether oxygens (including phenoxy) is 1. The quantitative estimate of drug-likeness (QED) is 0.746. The normalized spacial score (nSPS) is 14.7. The van der Waals surface area contributed by atoms with Gasteiger partial charge in [-0.3, -0.25) is 0 Å². The fraction of sp³-hybridized carbons (Fsp3) is 0.0833. The molecule has 0 unspecified atom stereocenters. The Morgan fingerprint density at radius 2 is 2.29 bits per heavy atom. The van der Waals surface area contributed by atoms with Crippen LogP contribution in [0.2, 0.25) is 0 Å². The van der Waals surface area contributed by atoms with Gasteiger partial charge < -0.3 is 9.72 Å². The molecule has 0 bridgehead atoms. The third-order valence-electron chi connectivity index (χ3n) is 3.04. The van der Waals surface area contributed by atoms with Crippen molar-refractivity contribution in [2.75, 3.05) is 6.61 Å². The number of fused-ring (bicyclic) bond motifs is 1. The number of hydrogen-bond donors (Lipinski definition) is 2. The Labute approximate surface area is 122 Å². The number of cyclic esters (lactones) is 1. The summed E-state index contributed by atoms with van der Waals surface area (Å²) in [5.74, 6) is 0.672. The van der Waals surface area contributed by atoms with E-state index in [9.17, 15) is 4.79 Å². The van der Waals surface area contributed by atoms with Crippen LogP contribution in [0.1, 0.15) is 5.56 Å². The van der Waals surface area contributed by atoms with Crippen LogP contribution >= 0.6 is 11.7 Å². The van der Waals surface area contributed by atoms with Crippen molar-refractivity contribution in [1.29, 1.82) is 0 Å². The number of benzene rings is 1. The molecule has 0 aliphatic carbocycles. The second-order valence-electron chi connectivity index (χ2n) is 4.36. The monoisotopic (exact) mass is 300 g/mol. The molecule has 1 aliphatic rings. The molecule has 1 aliphatic heterocycles. The molecule has 0 saturated heterocycles. The molecule has 2 N–H and O–H groups in total. The lowest BCUT2D eigenvalue weighted by atomic mass is 10.1. The number of nitrogens with one attached hydrogen (secondary N) is 2. The number of aromatic amines is 1. The van der Waals surface area contributed by atoms with Crippen LogP contribution in [-0.4, -0.2) is 37.1 Å². The number of amides is 1. The Balaban J connectivity index is 1.75. The van der Waals surface area contributed by atoms with Gasteiger partial charge in [-0.2, -0.15) is 13.8 Å². The molecule has 2 aromatic heterocycles. The number of H-pyrrole nitrogens is 1. The van der Waals surface area contributed by atoms with Crippen molar-refractivity contribution < 1.29 is 9.53 Å². The number of carbonyl (C=O) groups excluding carboxylic acids is 1. The van der Waals surface area contributed by atoms with Crippen LogP contribution in [-0.2, 0) is 4.74 Å². The molecular formula is C12H8N6O2S. The summed E-state index contributed by atoms with van der Waals surface area (Å²) in [6.07, 6.45) is 1.12. The first-order valence-corrected chi connectivity index (χ1v) is 6.80. The highest BCUT2D eigenvalue weighted by Crippen LogP contribution is 2.20. The number of hydrogen-bond acceptors (Lipinski definition) is 7.